The van der Waals surface area contributed by atoms with Gasteiger partial charge in [0.05, 0.1) is 6.04 Å². The van der Waals surface area contributed by atoms with Crippen molar-refractivity contribution < 1.29 is 32.9 Å². The zero-order chi connectivity index (χ0) is 21.5. The smallest absolute Gasteiger partial charge is 0.344 e. The number of fused-ring (bicyclic) bond motifs is 1. The van der Waals surface area contributed by atoms with Gasteiger partial charge in [-0.1, -0.05) is 32.0 Å². The lowest BCUT2D eigenvalue weighted by atomic mass is 9.95. The highest BCUT2D eigenvalue weighted by molar-refractivity contribution is 5.81. The molecule has 0 radical (unpaired) electrons. The fraction of sp³-hybridized carbons (Fsp3) is 0.364. The molecule has 1 aliphatic heterocycles. The maximum atomic E-state index is 13.5. The zero-order valence-electron chi connectivity index (χ0n) is 16.9. The first kappa shape index (κ1) is 21.4. The van der Waals surface area contributed by atoms with Crippen molar-refractivity contribution in [2.75, 3.05) is 26.4 Å². The maximum Gasteiger partial charge on any atom is 0.344 e. The summed E-state index contributed by atoms with van der Waals surface area (Å²) in [4.78, 5) is 24.1. The minimum atomic E-state index is -0.770. The second-order valence-electron chi connectivity index (χ2n) is 7.07. The largest absolute Gasteiger partial charge is 0.486 e. The van der Waals surface area contributed by atoms with Crippen molar-refractivity contribution in [1.29, 1.82) is 0 Å². The van der Waals surface area contributed by atoms with E-state index in [9.17, 15) is 14.0 Å². The Morgan fingerprint density at radius 1 is 1.07 bits per heavy atom. The van der Waals surface area contributed by atoms with Crippen LogP contribution in [-0.2, 0) is 14.3 Å². The molecule has 1 aliphatic rings. The van der Waals surface area contributed by atoms with Crippen LogP contribution in [0.2, 0.25) is 0 Å². The second kappa shape index (κ2) is 9.96. The normalized spacial score (nSPS) is 13.5. The second-order valence-corrected chi connectivity index (χ2v) is 7.07. The Hall–Kier alpha value is -3.29. The van der Waals surface area contributed by atoms with Crippen molar-refractivity contribution in [3.63, 3.8) is 0 Å². The molecule has 7 nitrogen and oxygen atoms in total. The van der Waals surface area contributed by atoms with Gasteiger partial charge >= 0.3 is 5.97 Å². The van der Waals surface area contributed by atoms with Gasteiger partial charge in [-0.15, -0.1) is 0 Å². The van der Waals surface area contributed by atoms with Crippen molar-refractivity contribution in [2.45, 2.75) is 19.9 Å². The van der Waals surface area contributed by atoms with Crippen LogP contribution in [0.15, 0.2) is 42.5 Å². The molecular weight excluding hydrogens is 393 g/mol. The zero-order valence-corrected chi connectivity index (χ0v) is 16.9. The van der Waals surface area contributed by atoms with Gasteiger partial charge in [0.15, 0.2) is 36.3 Å². The van der Waals surface area contributed by atoms with Crippen molar-refractivity contribution in [2.24, 2.45) is 5.92 Å². The van der Waals surface area contributed by atoms with Gasteiger partial charge in [0.1, 0.15) is 13.2 Å². The van der Waals surface area contributed by atoms with Gasteiger partial charge in [-0.25, -0.2) is 9.18 Å². The Balaban J connectivity index is 1.52. The Bertz CT molecular complexity index is 901. The first-order valence-corrected chi connectivity index (χ1v) is 9.66. The Morgan fingerprint density at radius 2 is 1.80 bits per heavy atom. The molecule has 0 bridgehead atoms. The predicted octanol–water partition coefficient (Wildman–Crippen LogP) is 3.03. The van der Waals surface area contributed by atoms with Crippen molar-refractivity contribution in [3.8, 4) is 17.2 Å². The van der Waals surface area contributed by atoms with Crippen LogP contribution in [0.5, 0.6) is 17.2 Å². The molecule has 2 aromatic carbocycles. The molecule has 160 valence electrons. The third-order valence-electron chi connectivity index (χ3n) is 4.45. The standard InChI is InChI=1S/C22H24FNO6/c1-14(2)22(15-7-8-18-19(11-15)28-10-9-27-18)24-20(25)12-30-21(26)13-29-17-6-4-3-5-16(17)23/h3-8,11,14,22H,9-10,12-13H2,1-2H3,(H,24,25)/t22-/m1/s1. The van der Waals surface area contributed by atoms with Crippen LogP contribution >= 0.6 is 0 Å². The quantitative estimate of drug-likeness (QED) is 0.665. The summed E-state index contributed by atoms with van der Waals surface area (Å²) in [7, 11) is 0. The van der Waals surface area contributed by atoms with Gasteiger partial charge in [0.25, 0.3) is 5.91 Å². The summed E-state index contributed by atoms with van der Waals surface area (Å²) in [5.41, 5.74) is 0.858. The molecule has 1 amide bonds. The van der Waals surface area contributed by atoms with Crippen LogP contribution in [0.4, 0.5) is 4.39 Å². The third-order valence-corrected chi connectivity index (χ3v) is 4.45. The van der Waals surface area contributed by atoms with E-state index in [1.165, 1.54) is 18.2 Å². The molecule has 0 aliphatic carbocycles. The number of carbonyl (C=O) groups is 2. The molecule has 8 heteroatoms. The molecule has 0 saturated carbocycles. The Morgan fingerprint density at radius 3 is 2.53 bits per heavy atom. The lowest BCUT2D eigenvalue weighted by molar-refractivity contribution is -0.150. The number of carbonyl (C=O) groups excluding carboxylic acids is 2. The molecule has 30 heavy (non-hydrogen) atoms. The summed E-state index contributed by atoms with van der Waals surface area (Å²) in [6.07, 6.45) is 0. The van der Waals surface area contributed by atoms with E-state index in [0.717, 1.165) is 5.56 Å². The lowest BCUT2D eigenvalue weighted by Crippen LogP contribution is -2.35. The van der Waals surface area contributed by atoms with Crippen LogP contribution in [0.3, 0.4) is 0 Å². The summed E-state index contributed by atoms with van der Waals surface area (Å²) in [5.74, 6) is -0.481. The van der Waals surface area contributed by atoms with E-state index in [1.807, 2.05) is 32.0 Å². The van der Waals surface area contributed by atoms with Gasteiger partial charge in [0.2, 0.25) is 0 Å². The van der Waals surface area contributed by atoms with E-state index in [-0.39, 0.29) is 17.7 Å². The summed E-state index contributed by atoms with van der Waals surface area (Å²) in [5, 5.41) is 2.86. The summed E-state index contributed by atoms with van der Waals surface area (Å²) in [6.45, 7) is 3.95. The van der Waals surface area contributed by atoms with Crippen LogP contribution in [-0.4, -0.2) is 38.3 Å². The fourth-order valence-corrected chi connectivity index (χ4v) is 2.99. The number of benzene rings is 2. The van der Waals surface area contributed by atoms with Crippen LogP contribution in [0.1, 0.15) is 25.5 Å². The molecule has 0 saturated heterocycles. The van der Waals surface area contributed by atoms with Gasteiger partial charge in [0, 0.05) is 0 Å². The van der Waals surface area contributed by atoms with Gasteiger partial charge in [-0.2, -0.15) is 0 Å². The SMILES string of the molecule is CC(C)[C@@H](NC(=O)COC(=O)COc1ccccc1F)c1ccc2c(c1)OCCO2. The highest BCUT2D eigenvalue weighted by Crippen LogP contribution is 2.34. The predicted molar refractivity (Wildman–Crippen MR) is 106 cm³/mol. The fourth-order valence-electron chi connectivity index (χ4n) is 2.99. The van der Waals surface area contributed by atoms with Crippen molar-refractivity contribution >= 4 is 11.9 Å². The van der Waals surface area contributed by atoms with E-state index >= 15 is 0 Å². The lowest BCUT2D eigenvalue weighted by Gasteiger charge is -2.25. The first-order valence-electron chi connectivity index (χ1n) is 9.66. The van der Waals surface area contributed by atoms with Crippen molar-refractivity contribution in [3.05, 3.63) is 53.8 Å². The first-order chi connectivity index (χ1) is 14.4. The van der Waals surface area contributed by atoms with E-state index in [0.29, 0.717) is 24.7 Å². The minimum Gasteiger partial charge on any atom is -0.486 e. The average molecular weight is 417 g/mol. The number of nitrogens with one attached hydrogen (secondary N) is 1. The van der Waals surface area contributed by atoms with Crippen LogP contribution in [0, 0.1) is 11.7 Å². The number of hydrogen-bond acceptors (Lipinski definition) is 6. The number of rotatable bonds is 8. The average Bonchev–Trinajstić information content (AvgIpc) is 2.75. The molecule has 0 unspecified atom stereocenters. The van der Waals surface area contributed by atoms with Crippen LogP contribution in [0.25, 0.3) is 0 Å². The number of amides is 1. The molecule has 1 atom stereocenters. The molecule has 0 spiro atoms. The van der Waals surface area contributed by atoms with E-state index in [4.69, 9.17) is 18.9 Å². The molecule has 3 rings (SSSR count). The highest BCUT2D eigenvalue weighted by atomic mass is 19.1. The summed E-state index contributed by atoms with van der Waals surface area (Å²) < 4.78 is 34.6. The monoisotopic (exact) mass is 417 g/mol. The van der Waals surface area contributed by atoms with Gasteiger partial charge in [-0.3, -0.25) is 4.79 Å². The number of halogens is 1. The summed E-state index contributed by atoms with van der Waals surface area (Å²) in [6, 6.07) is 10.9. The minimum absolute atomic E-state index is 0.0580. The topological polar surface area (TPSA) is 83.1 Å². The third kappa shape index (κ3) is 5.62. The number of para-hydroxylation sites is 1. The summed E-state index contributed by atoms with van der Waals surface area (Å²) >= 11 is 0. The molecule has 2 aromatic rings. The number of esters is 1. The molecule has 0 fully saturated rings. The number of hydrogen-bond donors (Lipinski definition) is 1. The Labute approximate surface area is 174 Å². The Kier molecular flexibility index (Phi) is 7.11. The maximum absolute atomic E-state index is 13.5. The highest BCUT2D eigenvalue weighted by Gasteiger charge is 2.22. The van der Waals surface area contributed by atoms with Gasteiger partial charge < -0.3 is 24.3 Å². The van der Waals surface area contributed by atoms with E-state index in [1.54, 1.807) is 6.07 Å². The molecule has 1 heterocycles. The van der Waals surface area contributed by atoms with Crippen LogP contribution < -0.4 is 19.5 Å². The molecule has 1 N–H and O–H groups in total. The molecule has 0 aromatic heterocycles. The van der Waals surface area contributed by atoms with E-state index in [2.05, 4.69) is 5.32 Å². The van der Waals surface area contributed by atoms with Crippen molar-refractivity contribution in [1.82, 2.24) is 5.32 Å². The number of ether oxygens (including phenoxy) is 4. The molecular formula is C22H24FNO6. The van der Waals surface area contributed by atoms with E-state index < -0.39 is 30.9 Å². The van der Waals surface area contributed by atoms with Gasteiger partial charge in [-0.05, 0) is 35.7 Å².